The molecule has 0 aromatic heterocycles. The van der Waals surface area contributed by atoms with Gasteiger partial charge in [0.2, 0.25) is 23.6 Å². The molecular formula is C35H28N2O12. The topological polar surface area (TPSA) is 219 Å². The van der Waals surface area contributed by atoms with Crippen LogP contribution in [-0.4, -0.2) is 68.2 Å². The van der Waals surface area contributed by atoms with Crippen molar-refractivity contribution in [2.45, 2.75) is 18.8 Å². The van der Waals surface area contributed by atoms with Crippen LogP contribution in [0.1, 0.15) is 45.0 Å². The van der Waals surface area contributed by atoms with Gasteiger partial charge in [0.15, 0.2) is 11.5 Å². The summed E-state index contributed by atoms with van der Waals surface area (Å²) < 4.78 is 5.33. The number of phenols is 3. The standard InChI is InChI=1S/C35H28N2O12/c1-49-25-4-2-3-19(29(25)40)26-16-9-10-20-27(32(43)36(30(20)41)14-5-7-17(34(45)46)23(38)11-14)21(16)13-22-28(26)33(44)37(31(22)42)15-6-8-18(35(47)48)24(39)12-15/h2-9,11-12,20-22,26-28,38-40H,10,13H2,1H3,(H,45,46)(H,47,48)/t20-,21+,22+,26+,27-,28+/m0/s1. The summed E-state index contributed by atoms with van der Waals surface area (Å²) in [5.74, 6) is -12.4. The van der Waals surface area contributed by atoms with E-state index in [0.717, 1.165) is 34.1 Å². The maximum Gasteiger partial charge on any atom is 0.339 e. The minimum absolute atomic E-state index is 0.0186. The number of carbonyl (C=O) groups excluding carboxylic acids is 4. The number of ether oxygens (including phenoxy) is 1. The zero-order valence-electron chi connectivity index (χ0n) is 25.6. The van der Waals surface area contributed by atoms with Crippen molar-refractivity contribution in [3.8, 4) is 23.0 Å². The number of para-hydroxylation sites is 1. The smallest absolute Gasteiger partial charge is 0.339 e. The van der Waals surface area contributed by atoms with Crippen LogP contribution >= 0.6 is 0 Å². The van der Waals surface area contributed by atoms with Gasteiger partial charge >= 0.3 is 11.9 Å². The number of phenolic OH excluding ortho intramolecular Hbond substituents is 1. The number of amides is 4. The van der Waals surface area contributed by atoms with Gasteiger partial charge in [0.25, 0.3) is 0 Å². The lowest BCUT2D eigenvalue weighted by Crippen LogP contribution is -2.43. The molecule has 0 unspecified atom stereocenters. The Labute approximate surface area is 277 Å². The SMILES string of the molecule is COc1cccc([C@H]2C3=CC[C@@H]4C(=O)N(c5ccc(C(=O)O)c(O)c5)C(=O)[C@@H]4[C@@H]3C[C@H]3C(=O)N(c4ccc(C(=O)O)c(O)c4)C(=O)[C@@H]23)c1O. The van der Waals surface area contributed by atoms with E-state index in [-0.39, 0.29) is 41.3 Å². The van der Waals surface area contributed by atoms with E-state index in [1.165, 1.54) is 25.3 Å². The van der Waals surface area contributed by atoms with Gasteiger partial charge in [0, 0.05) is 23.6 Å². The summed E-state index contributed by atoms with van der Waals surface area (Å²) in [4.78, 5) is 81.1. The van der Waals surface area contributed by atoms with Gasteiger partial charge < -0.3 is 30.3 Å². The highest BCUT2D eigenvalue weighted by molar-refractivity contribution is 6.24. The molecule has 4 aliphatic rings. The van der Waals surface area contributed by atoms with Gasteiger partial charge in [-0.3, -0.25) is 19.2 Å². The largest absolute Gasteiger partial charge is 0.507 e. The number of aromatic carboxylic acids is 2. The third-order valence-electron chi connectivity index (χ3n) is 10.2. The molecule has 2 aliphatic heterocycles. The number of hydrogen-bond donors (Lipinski definition) is 5. The number of benzene rings is 3. The van der Waals surface area contributed by atoms with Gasteiger partial charge in [0.05, 0.1) is 42.2 Å². The molecule has 3 aromatic carbocycles. The Bertz CT molecular complexity index is 2050. The van der Waals surface area contributed by atoms with Crippen LogP contribution in [0.4, 0.5) is 11.4 Å². The number of nitrogens with zero attached hydrogens (tertiary/aromatic N) is 2. The number of allylic oxidation sites excluding steroid dienone is 2. The number of carboxylic acids is 2. The van der Waals surface area contributed by atoms with Gasteiger partial charge in [-0.2, -0.15) is 0 Å². The average Bonchev–Trinajstić information content (AvgIpc) is 3.47. The minimum atomic E-state index is -1.41. The Morgan fingerprint density at radius 2 is 1.27 bits per heavy atom. The van der Waals surface area contributed by atoms with Crippen molar-refractivity contribution >= 4 is 46.9 Å². The summed E-state index contributed by atoms with van der Waals surface area (Å²) in [5.41, 5.74) is -0.0842. The van der Waals surface area contributed by atoms with Crippen LogP contribution in [0.15, 0.2) is 66.2 Å². The van der Waals surface area contributed by atoms with E-state index in [1.54, 1.807) is 18.2 Å². The van der Waals surface area contributed by atoms with Gasteiger partial charge in [0.1, 0.15) is 22.6 Å². The minimum Gasteiger partial charge on any atom is -0.507 e. The predicted octanol–water partition coefficient (Wildman–Crippen LogP) is 3.25. The van der Waals surface area contributed by atoms with E-state index in [0.29, 0.717) is 5.57 Å². The number of methoxy groups -OCH3 is 1. The lowest BCUT2D eigenvalue weighted by molar-refractivity contribution is -0.126. The van der Waals surface area contributed by atoms with Crippen LogP contribution in [0.25, 0.3) is 0 Å². The van der Waals surface area contributed by atoms with Crippen molar-refractivity contribution in [3.63, 3.8) is 0 Å². The van der Waals surface area contributed by atoms with Crippen molar-refractivity contribution in [2.24, 2.45) is 29.6 Å². The van der Waals surface area contributed by atoms with E-state index in [4.69, 9.17) is 4.74 Å². The molecule has 4 amide bonds. The zero-order chi connectivity index (χ0) is 35.0. The van der Waals surface area contributed by atoms with Crippen molar-refractivity contribution in [1.29, 1.82) is 0 Å². The molecule has 49 heavy (non-hydrogen) atoms. The molecule has 14 heteroatoms. The number of rotatable bonds is 6. The number of carboxylic acid groups (broad SMARTS) is 2. The molecule has 1 saturated carbocycles. The first-order valence-electron chi connectivity index (χ1n) is 15.3. The van der Waals surface area contributed by atoms with Crippen LogP contribution in [0.5, 0.6) is 23.0 Å². The van der Waals surface area contributed by atoms with E-state index >= 15 is 0 Å². The van der Waals surface area contributed by atoms with Gasteiger partial charge in [-0.1, -0.05) is 23.8 Å². The average molecular weight is 669 g/mol. The fourth-order valence-electron chi connectivity index (χ4n) is 8.08. The Morgan fingerprint density at radius 1 is 0.714 bits per heavy atom. The summed E-state index contributed by atoms with van der Waals surface area (Å²) in [5, 5.41) is 50.7. The molecule has 2 aliphatic carbocycles. The highest BCUT2D eigenvalue weighted by atomic mass is 16.5. The first-order chi connectivity index (χ1) is 23.3. The van der Waals surface area contributed by atoms with Gasteiger partial charge in [-0.25, -0.2) is 19.4 Å². The Balaban J connectivity index is 1.33. The van der Waals surface area contributed by atoms with Crippen LogP contribution in [0.2, 0.25) is 0 Å². The van der Waals surface area contributed by atoms with Gasteiger partial charge in [-0.05, 0) is 49.1 Å². The molecule has 2 heterocycles. The quantitative estimate of drug-likeness (QED) is 0.189. The van der Waals surface area contributed by atoms with Crippen molar-refractivity contribution in [3.05, 3.63) is 82.9 Å². The summed E-state index contributed by atoms with van der Waals surface area (Å²) in [6, 6.07) is 11.4. The van der Waals surface area contributed by atoms with Crippen molar-refractivity contribution < 1.29 is 59.0 Å². The molecule has 3 aromatic rings. The Hall–Kier alpha value is -6.18. The van der Waals surface area contributed by atoms with Crippen molar-refractivity contribution in [2.75, 3.05) is 16.9 Å². The second-order valence-corrected chi connectivity index (χ2v) is 12.5. The highest BCUT2D eigenvalue weighted by Crippen LogP contribution is 2.60. The normalized spacial score (nSPS) is 25.9. The molecule has 2 saturated heterocycles. The molecule has 3 fully saturated rings. The molecule has 250 valence electrons. The van der Waals surface area contributed by atoms with Crippen molar-refractivity contribution in [1.82, 2.24) is 0 Å². The summed E-state index contributed by atoms with van der Waals surface area (Å²) in [7, 11) is 1.35. The van der Waals surface area contributed by atoms with Crippen LogP contribution in [0, 0.1) is 29.6 Å². The second kappa shape index (κ2) is 11.2. The number of carbonyl (C=O) groups is 6. The third-order valence-corrected chi connectivity index (χ3v) is 10.2. The molecule has 0 radical (unpaired) electrons. The zero-order valence-corrected chi connectivity index (χ0v) is 25.6. The number of hydrogen-bond acceptors (Lipinski definition) is 10. The number of imide groups is 2. The first-order valence-corrected chi connectivity index (χ1v) is 15.3. The van der Waals surface area contributed by atoms with Gasteiger partial charge in [-0.15, -0.1) is 0 Å². The summed E-state index contributed by atoms with van der Waals surface area (Å²) >= 11 is 0. The summed E-state index contributed by atoms with van der Waals surface area (Å²) in [6.45, 7) is 0. The van der Waals surface area contributed by atoms with E-state index in [2.05, 4.69) is 0 Å². The lowest BCUT2D eigenvalue weighted by atomic mass is 9.57. The van der Waals surface area contributed by atoms with E-state index in [1.807, 2.05) is 0 Å². The van der Waals surface area contributed by atoms with E-state index < -0.39 is 93.7 Å². The first kappa shape index (κ1) is 31.4. The molecule has 14 nitrogen and oxygen atoms in total. The molecule has 0 bridgehead atoms. The number of fused-ring (bicyclic) bond motifs is 4. The maximum absolute atomic E-state index is 14.3. The molecule has 5 N–H and O–H groups in total. The third kappa shape index (κ3) is 4.54. The number of anilines is 2. The molecular weight excluding hydrogens is 640 g/mol. The fraction of sp³-hybridized carbons (Fsp3) is 0.257. The Kier molecular flexibility index (Phi) is 7.19. The van der Waals surface area contributed by atoms with Crippen LogP contribution in [0.3, 0.4) is 0 Å². The molecule has 7 rings (SSSR count). The monoisotopic (exact) mass is 668 g/mol. The fourth-order valence-corrected chi connectivity index (χ4v) is 8.08. The number of aromatic hydroxyl groups is 3. The van der Waals surface area contributed by atoms with Crippen LogP contribution in [-0.2, 0) is 19.2 Å². The molecule has 0 spiro atoms. The predicted molar refractivity (Wildman–Crippen MR) is 167 cm³/mol. The summed E-state index contributed by atoms with van der Waals surface area (Å²) in [6.07, 6.45) is 1.83. The highest BCUT2D eigenvalue weighted by Gasteiger charge is 2.62. The van der Waals surface area contributed by atoms with E-state index in [9.17, 15) is 54.3 Å². The lowest BCUT2D eigenvalue weighted by Gasteiger charge is -2.44. The molecule has 6 atom stereocenters. The Morgan fingerprint density at radius 3 is 1.80 bits per heavy atom. The maximum atomic E-state index is 14.3. The second-order valence-electron chi connectivity index (χ2n) is 12.5. The van der Waals surface area contributed by atoms with Crippen LogP contribution < -0.4 is 14.5 Å².